The van der Waals surface area contributed by atoms with Gasteiger partial charge in [0.15, 0.2) is 0 Å². The Hall–Kier alpha value is -0.0800. The maximum atomic E-state index is 5.95. The lowest BCUT2D eigenvalue weighted by Gasteiger charge is -2.34. The first-order valence-corrected chi connectivity index (χ1v) is 7.02. The molecular weight excluding hydrogens is 196 g/mol. The Balaban J connectivity index is 2.44. The van der Waals surface area contributed by atoms with Crippen LogP contribution in [0.3, 0.4) is 0 Å². The lowest BCUT2D eigenvalue weighted by Crippen LogP contribution is -2.41. The van der Waals surface area contributed by atoms with Crippen LogP contribution in [-0.4, -0.2) is 31.1 Å². The number of rotatable bonds is 5. The summed E-state index contributed by atoms with van der Waals surface area (Å²) < 4.78 is 0. The number of hydrogen-bond acceptors (Lipinski definition) is 2. The second kappa shape index (κ2) is 6.61. The lowest BCUT2D eigenvalue weighted by atomic mass is 9.85. The lowest BCUT2D eigenvalue weighted by molar-refractivity contribution is 0.161. The first-order chi connectivity index (χ1) is 7.59. The van der Waals surface area contributed by atoms with Crippen molar-refractivity contribution in [2.45, 2.75) is 52.9 Å². The average molecular weight is 226 g/mol. The monoisotopic (exact) mass is 226 g/mol. The molecule has 0 spiro atoms. The van der Waals surface area contributed by atoms with E-state index in [0.717, 1.165) is 12.5 Å². The zero-order valence-corrected chi connectivity index (χ0v) is 11.5. The van der Waals surface area contributed by atoms with E-state index in [2.05, 4.69) is 25.7 Å². The number of nitrogens with zero attached hydrogens (tertiary/aromatic N) is 1. The van der Waals surface area contributed by atoms with Crippen molar-refractivity contribution in [1.29, 1.82) is 0 Å². The molecule has 0 saturated carbocycles. The molecule has 2 heteroatoms. The van der Waals surface area contributed by atoms with E-state index in [0.29, 0.717) is 5.41 Å². The SMILES string of the molecule is CCCC(C)(CN)CN1CCCC(C)CC1. The Labute approximate surface area is 102 Å². The Kier molecular flexibility index (Phi) is 5.77. The number of hydrogen-bond donors (Lipinski definition) is 1. The van der Waals surface area contributed by atoms with Gasteiger partial charge in [-0.15, -0.1) is 0 Å². The molecule has 96 valence electrons. The van der Waals surface area contributed by atoms with Gasteiger partial charge in [0.2, 0.25) is 0 Å². The molecule has 0 aromatic rings. The standard InChI is InChI=1S/C14H30N2/c1-4-8-14(3,11-15)12-16-9-5-6-13(2)7-10-16/h13H,4-12,15H2,1-3H3. The Bertz CT molecular complexity index is 193. The van der Waals surface area contributed by atoms with Crippen LogP contribution >= 0.6 is 0 Å². The molecule has 1 aliphatic heterocycles. The van der Waals surface area contributed by atoms with E-state index < -0.39 is 0 Å². The molecule has 0 aromatic heterocycles. The minimum Gasteiger partial charge on any atom is -0.330 e. The molecule has 0 aromatic carbocycles. The molecule has 1 aliphatic rings. The van der Waals surface area contributed by atoms with E-state index in [9.17, 15) is 0 Å². The first kappa shape index (κ1) is 14.0. The van der Waals surface area contributed by atoms with Crippen molar-refractivity contribution in [2.24, 2.45) is 17.1 Å². The highest BCUT2D eigenvalue weighted by atomic mass is 15.1. The number of likely N-dealkylation sites (tertiary alicyclic amines) is 1. The highest BCUT2D eigenvalue weighted by Crippen LogP contribution is 2.25. The highest BCUT2D eigenvalue weighted by Gasteiger charge is 2.25. The summed E-state index contributed by atoms with van der Waals surface area (Å²) >= 11 is 0. The molecule has 16 heavy (non-hydrogen) atoms. The van der Waals surface area contributed by atoms with E-state index in [-0.39, 0.29) is 0 Å². The predicted octanol–water partition coefficient (Wildman–Crippen LogP) is 2.87. The third kappa shape index (κ3) is 4.42. The fourth-order valence-corrected chi connectivity index (χ4v) is 2.87. The molecule has 0 amide bonds. The largest absolute Gasteiger partial charge is 0.330 e. The molecule has 1 rings (SSSR count). The zero-order chi connectivity index (χ0) is 12.0. The predicted molar refractivity (Wildman–Crippen MR) is 71.5 cm³/mol. The van der Waals surface area contributed by atoms with Gasteiger partial charge < -0.3 is 10.6 Å². The molecule has 0 bridgehead atoms. The molecule has 0 radical (unpaired) electrons. The summed E-state index contributed by atoms with van der Waals surface area (Å²) in [6.45, 7) is 11.6. The van der Waals surface area contributed by atoms with Crippen LogP contribution in [0.5, 0.6) is 0 Å². The molecule has 2 unspecified atom stereocenters. The molecule has 1 saturated heterocycles. The highest BCUT2D eigenvalue weighted by molar-refractivity contribution is 4.80. The van der Waals surface area contributed by atoms with Gasteiger partial charge in [-0.3, -0.25) is 0 Å². The molecular formula is C14H30N2. The average Bonchev–Trinajstić information content (AvgIpc) is 2.44. The van der Waals surface area contributed by atoms with E-state index in [1.807, 2.05) is 0 Å². The van der Waals surface area contributed by atoms with Crippen LogP contribution in [0.2, 0.25) is 0 Å². The van der Waals surface area contributed by atoms with Crippen molar-refractivity contribution in [2.75, 3.05) is 26.2 Å². The number of nitrogens with two attached hydrogens (primary N) is 1. The quantitative estimate of drug-likeness (QED) is 0.781. The van der Waals surface area contributed by atoms with Crippen molar-refractivity contribution in [3.05, 3.63) is 0 Å². The van der Waals surface area contributed by atoms with Crippen LogP contribution in [0.15, 0.2) is 0 Å². The van der Waals surface area contributed by atoms with Gasteiger partial charge in [0.25, 0.3) is 0 Å². The van der Waals surface area contributed by atoms with E-state index >= 15 is 0 Å². The van der Waals surface area contributed by atoms with Crippen molar-refractivity contribution in [1.82, 2.24) is 4.90 Å². The van der Waals surface area contributed by atoms with Crippen molar-refractivity contribution in [3.8, 4) is 0 Å². The smallest absolute Gasteiger partial charge is 0.00474 e. The summed E-state index contributed by atoms with van der Waals surface area (Å²) in [4.78, 5) is 2.64. The molecule has 2 N–H and O–H groups in total. The topological polar surface area (TPSA) is 29.3 Å². The van der Waals surface area contributed by atoms with Gasteiger partial charge in [0.05, 0.1) is 0 Å². The van der Waals surface area contributed by atoms with Crippen LogP contribution in [0, 0.1) is 11.3 Å². The zero-order valence-electron chi connectivity index (χ0n) is 11.5. The Morgan fingerprint density at radius 3 is 2.69 bits per heavy atom. The van der Waals surface area contributed by atoms with Crippen LogP contribution < -0.4 is 5.73 Å². The van der Waals surface area contributed by atoms with Crippen molar-refractivity contribution in [3.63, 3.8) is 0 Å². The van der Waals surface area contributed by atoms with Gasteiger partial charge in [-0.1, -0.05) is 27.2 Å². The van der Waals surface area contributed by atoms with Crippen LogP contribution in [-0.2, 0) is 0 Å². The molecule has 2 atom stereocenters. The fourth-order valence-electron chi connectivity index (χ4n) is 2.87. The minimum atomic E-state index is 0.336. The van der Waals surface area contributed by atoms with Gasteiger partial charge in [-0.25, -0.2) is 0 Å². The normalized spacial score (nSPS) is 27.4. The summed E-state index contributed by atoms with van der Waals surface area (Å²) in [5, 5.41) is 0. The summed E-state index contributed by atoms with van der Waals surface area (Å²) in [6, 6.07) is 0. The van der Waals surface area contributed by atoms with Gasteiger partial charge in [0.1, 0.15) is 0 Å². The van der Waals surface area contributed by atoms with Crippen molar-refractivity contribution >= 4 is 0 Å². The molecule has 1 fully saturated rings. The summed E-state index contributed by atoms with van der Waals surface area (Å²) in [5.41, 5.74) is 6.29. The summed E-state index contributed by atoms with van der Waals surface area (Å²) in [7, 11) is 0. The summed E-state index contributed by atoms with van der Waals surface area (Å²) in [5.74, 6) is 0.917. The van der Waals surface area contributed by atoms with Crippen LogP contribution in [0.1, 0.15) is 52.9 Å². The molecule has 0 aliphatic carbocycles. The van der Waals surface area contributed by atoms with Crippen LogP contribution in [0.25, 0.3) is 0 Å². The third-order valence-corrected chi connectivity index (χ3v) is 4.06. The molecule has 2 nitrogen and oxygen atoms in total. The van der Waals surface area contributed by atoms with Crippen molar-refractivity contribution < 1.29 is 0 Å². The second-order valence-corrected chi connectivity index (χ2v) is 6.08. The second-order valence-electron chi connectivity index (χ2n) is 6.08. The van der Waals surface area contributed by atoms with Gasteiger partial charge >= 0.3 is 0 Å². The fraction of sp³-hybridized carbons (Fsp3) is 1.00. The van der Waals surface area contributed by atoms with Gasteiger partial charge in [0, 0.05) is 6.54 Å². The van der Waals surface area contributed by atoms with E-state index in [4.69, 9.17) is 5.73 Å². The third-order valence-electron chi connectivity index (χ3n) is 4.06. The minimum absolute atomic E-state index is 0.336. The van der Waals surface area contributed by atoms with Gasteiger partial charge in [-0.2, -0.15) is 0 Å². The molecule has 1 heterocycles. The van der Waals surface area contributed by atoms with Crippen LogP contribution in [0.4, 0.5) is 0 Å². The first-order valence-electron chi connectivity index (χ1n) is 7.02. The van der Waals surface area contributed by atoms with Gasteiger partial charge in [-0.05, 0) is 56.7 Å². The maximum Gasteiger partial charge on any atom is 0.00474 e. The summed E-state index contributed by atoms with van der Waals surface area (Å²) in [6.07, 6.45) is 6.65. The maximum absolute atomic E-state index is 5.95. The van der Waals surface area contributed by atoms with E-state index in [1.54, 1.807) is 0 Å². The Morgan fingerprint density at radius 2 is 2.06 bits per heavy atom. The van der Waals surface area contributed by atoms with E-state index in [1.165, 1.54) is 51.7 Å². The Morgan fingerprint density at radius 1 is 1.31 bits per heavy atom.